The van der Waals surface area contributed by atoms with Crippen LogP contribution in [0.5, 0.6) is 11.6 Å². The predicted molar refractivity (Wildman–Crippen MR) is 75.2 cm³/mol. The fourth-order valence-electron chi connectivity index (χ4n) is 1.96. The van der Waals surface area contributed by atoms with E-state index in [-0.39, 0.29) is 0 Å². The van der Waals surface area contributed by atoms with Crippen LogP contribution in [0.2, 0.25) is 0 Å². The molecular formula is C15H17N3O. The monoisotopic (exact) mass is 255 g/mol. The van der Waals surface area contributed by atoms with Crippen LogP contribution in [0, 0.1) is 25.2 Å². The summed E-state index contributed by atoms with van der Waals surface area (Å²) in [5, 5.41) is 9.05. The van der Waals surface area contributed by atoms with E-state index in [0.717, 1.165) is 11.3 Å². The fraction of sp³-hybridized carbons (Fsp3) is 0.267. The normalized spacial score (nSPS) is 10.2. The molecule has 1 aromatic carbocycles. The van der Waals surface area contributed by atoms with Crippen molar-refractivity contribution >= 4 is 5.69 Å². The lowest BCUT2D eigenvalue weighted by atomic mass is 10.1. The standard InChI is InChI=1S/C15H17N3O/c1-4-18-12(9-16)8-14(17)15(18)19-13-6-5-10(2)11(3)7-13/h5-8H,4,17H2,1-3H3. The molecule has 0 saturated heterocycles. The highest BCUT2D eigenvalue weighted by atomic mass is 16.5. The Kier molecular flexibility index (Phi) is 3.48. The third-order valence-electron chi connectivity index (χ3n) is 3.20. The SMILES string of the molecule is CCn1c(C#N)cc(N)c1Oc1ccc(C)c(C)c1. The zero-order valence-corrected chi connectivity index (χ0v) is 11.4. The molecule has 1 heterocycles. The first kappa shape index (κ1) is 13.0. The molecule has 0 unspecified atom stereocenters. The summed E-state index contributed by atoms with van der Waals surface area (Å²) in [6.07, 6.45) is 0. The van der Waals surface area contributed by atoms with Crippen LogP contribution < -0.4 is 10.5 Å². The number of benzene rings is 1. The van der Waals surface area contributed by atoms with Crippen molar-refractivity contribution in [3.8, 4) is 17.7 Å². The Labute approximate surface area is 113 Å². The zero-order chi connectivity index (χ0) is 14.0. The Bertz CT molecular complexity index is 650. The Morgan fingerprint density at radius 3 is 2.58 bits per heavy atom. The number of rotatable bonds is 3. The molecule has 1 aromatic heterocycles. The number of aromatic nitrogens is 1. The minimum atomic E-state index is 0.483. The van der Waals surface area contributed by atoms with E-state index >= 15 is 0 Å². The molecule has 0 aliphatic carbocycles. The Morgan fingerprint density at radius 2 is 2.00 bits per heavy atom. The van der Waals surface area contributed by atoms with Gasteiger partial charge in [-0.25, -0.2) is 0 Å². The number of nitrogens with two attached hydrogens (primary N) is 1. The van der Waals surface area contributed by atoms with Crippen molar-refractivity contribution < 1.29 is 4.74 Å². The largest absolute Gasteiger partial charge is 0.439 e. The maximum absolute atomic E-state index is 9.05. The van der Waals surface area contributed by atoms with Crippen molar-refractivity contribution in [3.05, 3.63) is 41.1 Å². The Hall–Kier alpha value is -2.41. The number of aryl methyl sites for hydroxylation is 2. The van der Waals surface area contributed by atoms with E-state index < -0.39 is 0 Å². The number of nitrogen functional groups attached to an aromatic ring is 1. The molecular weight excluding hydrogens is 238 g/mol. The van der Waals surface area contributed by atoms with Gasteiger partial charge in [-0.05, 0) is 44.0 Å². The molecule has 2 N–H and O–H groups in total. The molecule has 0 fully saturated rings. The topological polar surface area (TPSA) is 64.0 Å². The van der Waals surface area contributed by atoms with Crippen LogP contribution in [0.1, 0.15) is 23.7 Å². The lowest BCUT2D eigenvalue weighted by molar-refractivity contribution is 0.434. The molecule has 0 amide bonds. The molecule has 19 heavy (non-hydrogen) atoms. The minimum Gasteiger partial charge on any atom is -0.439 e. The van der Waals surface area contributed by atoms with Gasteiger partial charge in [-0.15, -0.1) is 0 Å². The van der Waals surface area contributed by atoms with E-state index in [0.29, 0.717) is 23.8 Å². The second kappa shape index (κ2) is 5.07. The second-order valence-corrected chi connectivity index (χ2v) is 4.49. The van der Waals surface area contributed by atoms with Crippen LogP contribution in [-0.2, 0) is 6.54 Å². The molecule has 0 aliphatic heterocycles. The first-order valence-electron chi connectivity index (χ1n) is 6.21. The number of hydrogen-bond donors (Lipinski definition) is 1. The van der Waals surface area contributed by atoms with E-state index in [1.54, 1.807) is 10.6 Å². The number of anilines is 1. The van der Waals surface area contributed by atoms with Gasteiger partial charge in [-0.3, -0.25) is 0 Å². The number of ether oxygens (including phenoxy) is 1. The fourth-order valence-corrected chi connectivity index (χ4v) is 1.96. The molecule has 0 atom stereocenters. The van der Waals surface area contributed by atoms with Crippen LogP contribution >= 0.6 is 0 Å². The maximum atomic E-state index is 9.05. The average Bonchev–Trinajstić information content (AvgIpc) is 2.70. The summed E-state index contributed by atoms with van der Waals surface area (Å²) in [4.78, 5) is 0. The highest BCUT2D eigenvalue weighted by Gasteiger charge is 2.14. The van der Waals surface area contributed by atoms with E-state index in [1.165, 1.54) is 5.56 Å². The molecule has 0 bridgehead atoms. The molecule has 0 aliphatic rings. The van der Waals surface area contributed by atoms with Gasteiger partial charge in [0.15, 0.2) is 0 Å². The lowest BCUT2D eigenvalue weighted by Crippen LogP contribution is -2.01. The lowest BCUT2D eigenvalue weighted by Gasteiger charge is -2.11. The van der Waals surface area contributed by atoms with Crippen molar-refractivity contribution in [1.82, 2.24) is 4.57 Å². The Balaban J connectivity index is 2.40. The van der Waals surface area contributed by atoms with Crippen molar-refractivity contribution in [2.75, 3.05) is 5.73 Å². The first-order chi connectivity index (χ1) is 9.06. The van der Waals surface area contributed by atoms with Gasteiger partial charge in [0.1, 0.15) is 17.5 Å². The third-order valence-corrected chi connectivity index (χ3v) is 3.20. The second-order valence-electron chi connectivity index (χ2n) is 4.49. The number of hydrogen-bond acceptors (Lipinski definition) is 3. The molecule has 4 heteroatoms. The van der Waals surface area contributed by atoms with Gasteiger partial charge in [0.25, 0.3) is 0 Å². The van der Waals surface area contributed by atoms with E-state index in [2.05, 4.69) is 13.0 Å². The smallest absolute Gasteiger partial charge is 0.224 e. The molecule has 0 saturated carbocycles. The van der Waals surface area contributed by atoms with Crippen LogP contribution in [-0.4, -0.2) is 4.57 Å². The maximum Gasteiger partial charge on any atom is 0.224 e. The third kappa shape index (κ3) is 2.41. The zero-order valence-electron chi connectivity index (χ0n) is 11.4. The Morgan fingerprint density at radius 1 is 1.26 bits per heavy atom. The van der Waals surface area contributed by atoms with E-state index in [1.807, 2.05) is 32.0 Å². The van der Waals surface area contributed by atoms with E-state index in [9.17, 15) is 0 Å². The number of nitriles is 1. The quantitative estimate of drug-likeness (QED) is 0.914. The molecule has 2 rings (SSSR count). The minimum absolute atomic E-state index is 0.483. The van der Waals surface area contributed by atoms with Crippen molar-refractivity contribution in [2.24, 2.45) is 0 Å². The summed E-state index contributed by atoms with van der Waals surface area (Å²) in [5.74, 6) is 1.26. The van der Waals surface area contributed by atoms with Gasteiger partial charge in [-0.2, -0.15) is 5.26 Å². The summed E-state index contributed by atoms with van der Waals surface area (Å²) in [6.45, 7) is 6.68. The average molecular weight is 255 g/mol. The number of nitrogens with zero attached hydrogens (tertiary/aromatic N) is 2. The van der Waals surface area contributed by atoms with Crippen molar-refractivity contribution in [2.45, 2.75) is 27.3 Å². The molecule has 0 spiro atoms. The highest BCUT2D eigenvalue weighted by Crippen LogP contribution is 2.31. The summed E-state index contributed by atoms with van der Waals surface area (Å²) in [6, 6.07) is 9.63. The van der Waals surface area contributed by atoms with Gasteiger partial charge in [0.05, 0.1) is 5.69 Å². The molecule has 98 valence electrons. The van der Waals surface area contributed by atoms with Gasteiger partial charge >= 0.3 is 0 Å². The van der Waals surface area contributed by atoms with E-state index in [4.69, 9.17) is 15.7 Å². The molecule has 2 aromatic rings. The highest BCUT2D eigenvalue weighted by molar-refractivity contribution is 5.56. The van der Waals surface area contributed by atoms with Gasteiger partial charge in [-0.1, -0.05) is 6.07 Å². The van der Waals surface area contributed by atoms with Crippen LogP contribution in [0.25, 0.3) is 0 Å². The van der Waals surface area contributed by atoms with Gasteiger partial charge < -0.3 is 15.0 Å². The summed E-state index contributed by atoms with van der Waals surface area (Å²) < 4.78 is 7.60. The summed E-state index contributed by atoms with van der Waals surface area (Å²) in [5.41, 5.74) is 9.28. The van der Waals surface area contributed by atoms with Gasteiger partial charge in [0, 0.05) is 12.6 Å². The first-order valence-corrected chi connectivity index (χ1v) is 6.21. The van der Waals surface area contributed by atoms with Gasteiger partial charge in [0.2, 0.25) is 5.88 Å². The summed E-state index contributed by atoms with van der Waals surface area (Å²) >= 11 is 0. The van der Waals surface area contributed by atoms with Crippen molar-refractivity contribution in [1.29, 1.82) is 5.26 Å². The van der Waals surface area contributed by atoms with Crippen molar-refractivity contribution in [3.63, 3.8) is 0 Å². The van der Waals surface area contributed by atoms with Crippen LogP contribution in [0.3, 0.4) is 0 Å². The molecule has 4 nitrogen and oxygen atoms in total. The molecule has 0 radical (unpaired) electrons. The summed E-state index contributed by atoms with van der Waals surface area (Å²) in [7, 11) is 0. The predicted octanol–water partition coefficient (Wildman–Crippen LogP) is 3.37. The van der Waals surface area contributed by atoms with Crippen LogP contribution in [0.4, 0.5) is 5.69 Å². The van der Waals surface area contributed by atoms with Crippen LogP contribution in [0.15, 0.2) is 24.3 Å².